The lowest BCUT2D eigenvalue weighted by Gasteiger charge is -2.44. The summed E-state index contributed by atoms with van der Waals surface area (Å²) in [4.78, 5) is 39.6. The fraction of sp³-hybridized carbons (Fsp3) is 0.467. The zero-order valence-electron chi connectivity index (χ0n) is 24.0. The van der Waals surface area contributed by atoms with E-state index in [0.717, 1.165) is 0 Å². The molecule has 1 aliphatic heterocycles. The molecule has 0 radical (unpaired) electrons. The Morgan fingerprint density at radius 3 is 2.66 bits per heavy atom. The molecule has 218 valence electrons. The van der Waals surface area contributed by atoms with Gasteiger partial charge in [0.2, 0.25) is 0 Å². The van der Waals surface area contributed by atoms with E-state index in [0.29, 0.717) is 40.8 Å². The maximum absolute atomic E-state index is 15.3. The van der Waals surface area contributed by atoms with E-state index in [1.54, 1.807) is 44.3 Å². The third-order valence-corrected chi connectivity index (χ3v) is 7.48. The molecule has 0 unspecified atom stereocenters. The number of hydrogen-bond acceptors (Lipinski definition) is 7. The Morgan fingerprint density at radius 1 is 1.24 bits per heavy atom. The van der Waals surface area contributed by atoms with Crippen LogP contribution in [0.1, 0.15) is 39.7 Å². The molecule has 2 aromatic carbocycles. The summed E-state index contributed by atoms with van der Waals surface area (Å²) in [6.07, 6.45) is 0.0541. The fourth-order valence-electron chi connectivity index (χ4n) is 5.05. The second-order valence-electron chi connectivity index (χ2n) is 11.2. The predicted octanol–water partition coefficient (Wildman–Crippen LogP) is 4.15. The van der Waals surface area contributed by atoms with Crippen LogP contribution >= 0.6 is 0 Å². The van der Waals surface area contributed by atoms with Crippen molar-refractivity contribution in [3.05, 3.63) is 58.3 Å². The van der Waals surface area contributed by atoms with Gasteiger partial charge in [-0.15, -0.1) is 0 Å². The summed E-state index contributed by atoms with van der Waals surface area (Å²) >= 11 is 0. The number of nitrogens with one attached hydrogen (secondary N) is 1. The largest absolute Gasteiger partial charge is 0.450 e. The first-order valence-electron chi connectivity index (χ1n) is 13.5. The molecule has 1 aromatic heterocycles. The zero-order valence-corrected chi connectivity index (χ0v) is 24.0. The Balaban J connectivity index is 1.55. The number of benzene rings is 2. The summed E-state index contributed by atoms with van der Waals surface area (Å²) in [6, 6.07) is 10.7. The highest BCUT2D eigenvalue weighted by atomic mass is 19.1. The average molecular weight is 567 g/mol. The van der Waals surface area contributed by atoms with Crippen molar-refractivity contribution < 1.29 is 27.9 Å². The van der Waals surface area contributed by atoms with Crippen LogP contribution in [0, 0.1) is 22.6 Å². The number of rotatable bonds is 6. The fourth-order valence-corrected chi connectivity index (χ4v) is 5.05. The molecule has 11 heteroatoms. The predicted molar refractivity (Wildman–Crippen MR) is 149 cm³/mol. The van der Waals surface area contributed by atoms with Crippen LogP contribution in [-0.2, 0) is 27.7 Å². The van der Waals surface area contributed by atoms with E-state index in [1.807, 2.05) is 20.8 Å². The molecule has 1 saturated heterocycles. The Kier molecular flexibility index (Phi) is 8.54. The molecule has 10 nitrogen and oxygen atoms in total. The molecular weight excluding hydrogens is 531 g/mol. The van der Waals surface area contributed by atoms with E-state index < -0.39 is 40.6 Å². The van der Waals surface area contributed by atoms with Crippen LogP contribution in [0.15, 0.2) is 45.6 Å². The van der Waals surface area contributed by atoms with Crippen molar-refractivity contribution in [3.63, 3.8) is 0 Å². The molecule has 1 N–H and O–H groups in total. The lowest BCUT2D eigenvalue weighted by Crippen LogP contribution is -2.63. The van der Waals surface area contributed by atoms with Crippen molar-refractivity contribution in [2.75, 3.05) is 26.3 Å². The number of ether oxygens (including phenoxy) is 2. The van der Waals surface area contributed by atoms with Crippen LogP contribution in [0.2, 0.25) is 0 Å². The minimum Gasteiger partial charge on any atom is -0.450 e. The maximum atomic E-state index is 15.3. The highest BCUT2D eigenvalue weighted by molar-refractivity contribution is 5.88. The molecule has 0 saturated carbocycles. The molecule has 0 bridgehead atoms. The number of fused-ring (bicyclic) bond motifs is 1. The van der Waals surface area contributed by atoms with Gasteiger partial charge < -0.3 is 24.1 Å². The van der Waals surface area contributed by atoms with Crippen LogP contribution in [0.3, 0.4) is 0 Å². The first-order valence-corrected chi connectivity index (χ1v) is 13.5. The molecule has 41 heavy (non-hydrogen) atoms. The third kappa shape index (κ3) is 5.98. The highest BCUT2D eigenvalue weighted by Gasteiger charge is 2.53. The quantitative estimate of drug-likeness (QED) is 0.475. The molecule has 4 rings (SSSR count). The number of halogens is 1. The van der Waals surface area contributed by atoms with E-state index in [1.165, 1.54) is 15.5 Å². The van der Waals surface area contributed by atoms with Gasteiger partial charge in [0, 0.05) is 37.6 Å². The van der Waals surface area contributed by atoms with E-state index in [2.05, 4.69) is 11.4 Å². The van der Waals surface area contributed by atoms with Gasteiger partial charge in [0.05, 0.1) is 24.7 Å². The molecule has 0 spiro atoms. The van der Waals surface area contributed by atoms with Crippen molar-refractivity contribution in [2.24, 2.45) is 12.5 Å². The minimum atomic E-state index is -1.44. The maximum Gasteiger partial charge on any atom is 0.419 e. The second kappa shape index (κ2) is 11.7. The summed E-state index contributed by atoms with van der Waals surface area (Å²) in [7, 11) is 1.58. The molecule has 1 fully saturated rings. The molecule has 2 heterocycles. The van der Waals surface area contributed by atoms with Gasteiger partial charge in [-0.2, -0.15) is 5.26 Å². The summed E-state index contributed by atoms with van der Waals surface area (Å²) in [5.41, 5.74) is 0.160. The minimum absolute atomic E-state index is 0.0325. The van der Waals surface area contributed by atoms with Gasteiger partial charge in [-0.05, 0) is 42.7 Å². The first-order chi connectivity index (χ1) is 19.4. The second-order valence-corrected chi connectivity index (χ2v) is 11.2. The van der Waals surface area contributed by atoms with Gasteiger partial charge in [0.25, 0.3) is 5.91 Å². The van der Waals surface area contributed by atoms with Gasteiger partial charge >= 0.3 is 11.8 Å². The van der Waals surface area contributed by atoms with E-state index in [-0.39, 0.29) is 26.2 Å². The number of aromatic nitrogens is 1. The SMILES string of the molecule is CCOC(=O)N1CCCO[C@@](C(=O)N[C@H](C#N)Cc2ccc(-c3ccc4oc(=O)n(C)c4c3)c(F)c2)(C(C)(C)C)C1. The normalized spacial score (nSPS) is 18.4. The van der Waals surface area contributed by atoms with Gasteiger partial charge in [0.15, 0.2) is 11.2 Å². The summed E-state index contributed by atoms with van der Waals surface area (Å²) in [5.74, 6) is -1.54. The number of nitrogens with zero attached hydrogens (tertiary/aromatic N) is 3. The number of aryl methyl sites for hydroxylation is 1. The van der Waals surface area contributed by atoms with Crippen LogP contribution in [0.4, 0.5) is 9.18 Å². The van der Waals surface area contributed by atoms with Crippen molar-refractivity contribution in [1.82, 2.24) is 14.8 Å². The van der Waals surface area contributed by atoms with Gasteiger partial charge in [0.1, 0.15) is 11.9 Å². The zero-order chi connectivity index (χ0) is 29.9. The number of nitriles is 1. The topological polar surface area (TPSA) is 127 Å². The van der Waals surface area contributed by atoms with E-state index >= 15 is 4.39 Å². The number of oxazole rings is 1. The van der Waals surface area contributed by atoms with Crippen LogP contribution in [0.5, 0.6) is 0 Å². The van der Waals surface area contributed by atoms with Gasteiger partial charge in [-0.3, -0.25) is 9.36 Å². The standard InChI is InChI=1S/C30H35FN4O6/c1-6-39-28(38)35-12-7-13-40-30(18-35,29(2,3)4)26(36)33-21(17-32)14-19-8-10-22(23(31)15-19)20-9-11-25-24(16-20)34(5)27(37)41-25/h8-11,15-16,21H,6-7,12-14,18H2,1-5H3,(H,33,36)/t21-,30-/m0/s1. The lowest BCUT2D eigenvalue weighted by molar-refractivity contribution is -0.165. The van der Waals surface area contributed by atoms with Gasteiger partial charge in [-0.25, -0.2) is 14.0 Å². The van der Waals surface area contributed by atoms with Crippen molar-refractivity contribution >= 4 is 23.1 Å². The lowest BCUT2D eigenvalue weighted by atomic mass is 9.75. The van der Waals surface area contributed by atoms with Crippen molar-refractivity contribution in [3.8, 4) is 17.2 Å². The summed E-state index contributed by atoms with van der Waals surface area (Å²) in [6.45, 7) is 8.04. The monoisotopic (exact) mass is 566 g/mol. The smallest absolute Gasteiger partial charge is 0.419 e. The molecule has 0 aliphatic carbocycles. The molecule has 2 amide bonds. The molecule has 1 aliphatic rings. The third-order valence-electron chi connectivity index (χ3n) is 7.48. The molecular formula is C30H35FN4O6. The number of amides is 2. The highest BCUT2D eigenvalue weighted by Crippen LogP contribution is 2.37. The number of hydrogen-bond donors (Lipinski definition) is 1. The van der Waals surface area contributed by atoms with E-state index in [9.17, 15) is 19.6 Å². The van der Waals surface area contributed by atoms with Crippen molar-refractivity contribution in [1.29, 1.82) is 5.26 Å². The van der Waals surface area contributed by atoms with Crippen LogP contribution < -0.4 is 11.1 Å². The average Bonchev–Trinajstić information content (AvgIpc) is 3.07. The Morgan fingerprint density at radius 2 is 2.00 bits per heavy atom. The van der Waals surface area contributed by atoms with Crippen molar-refractivity contribution in [2.45, 2.75) is 52.2 Å². The Bertz CT molecular complexity index is 1550. The molecule has 2 atom stereocenters. The van der Waals surface area contributed by atoms with Crippen LogP contribution in [-0.4, -0.2) is 59.4 Å². The molecule has 3 aromatic rings. The Labute approximate surface area is 237 Å². The van der Waals surface area contributed by atoms with E-state index in [4.69, 9.17) is 13.9 Å². The summed E-state index contributed by atoms with van der Waals surface area (Å²) < 4.78 is 33.1. The summed E-state index contributed by atoms with van der Waals surface area (Å²) in [5, 5.41) is 12.7. The first kappa shape index (κ1) is 29.8. The Hall–Kier alpha value is -4.17. The number of carbonyl (C=O) groups excluding carboxylic acids is 2. The van der Waals surface area contributed by atoms with Gasteiger partial charge in [-0.1, -0.05) is 39.0 Å². The number of carbonyl (C=O) groups is 2. The van der Waals surface area contributed by atoms with Crippen LogP contribution in [0.25, 0.3) is 22.2 Å².